The van der Waals surface area contributed by atoms with Crippen LogP contribution in [-0.4, -0.2) is 52.9 Å². The summed E-state index contributed by atoms with van der Waals surface area (Å²) in [5.74, 6) is -1.20. The summed E-state index contributed by atoms with van der Waals surface area (Å²) in [7, 11) is -4.01. The van der Waals surface area contributed by atoms with Gasteiger partial charge in [-0.05, 0) is 41.5 Å². The largest absolute Gasteiger partial charge is 0.481 e. The minimum absolute atomic E-state index is 0.320. The van der Waals surface area contributed by atoms with Gasteiger partial charge in [-0.15, -0.1) is 0 Å². The van der Waals surface area contributed by atoms with Crippen LogP contribution in [0.15, 0.2) is 0 Å². The molecule has 11 heteroatoms. The van der Waals surface area contributed by atoms with Gasteiger partial charge in [0.15, 0.2) is 0 Å². The fourth-order valence-corrected chi connectivity index (χ4v) is 3.08. The number of amides is 1. The van der Waals surface area contributed by atoms with Gasteiger partial charge in [0.1, 0.15) is 0 Å². The third kappa shape index (κ3) is 13.7. The number of ether oxygens (including phenoxy) is 1. The van der Waals surface area contributed by atoms with E-state index in [9.17, 15) is 19.3 Å². The highest BCUT2D eigenvalue weighted by Gasteiger charge is 2.37. The van der Waals surface area contributed by atoms with Crippen molar-refractivity contribution < 1.29 is 42.7 Å². The first-order valence-corrected chi connectivity index (χ1v) is 9.04. The molecule has 0 aromatic rings. The number of aliphatic hydroxyl groups is 1. The monoisotopic (exact) mass is 385 g/mol. The van der Waals surface area contributed by atoms with Crippen LogP contribution >= 0.6 is 7.82 Å². The van der Waals surface area contributed by atoms with Crippen molar-refractivity contribution in [2.45, 2.75) is 65.3 Å². The molecule has 0 aromatic heterocycles. The summed E-state index contributed by atoms with van der Waals surface area (Å²) in [5, 5.41) is 19.9. The van der Waals surface area contributed by atoms with Gasteiger partial charge in [-0.3, -0.25) is 13.8 Å². The molecule has 10 nitrogen and oxygen atoms in total. The third-order valence-electron chi connectivity index (χ3n) is 2.06. The molecule has 148 valence electrons. The van der Waals surface area contributed by atoms with Crippen LogP contribution in [0, 0.1) is 0 Å². The van der Waals surface area contributed by atoms with E-state index in [0.29, 0.717) is 0 Å². The molecule has 0 aliphatic carbocycles. The van der Waals surface area contributed by atoms with E-state index in [1.165, 1.54) is 0 Å². The van der Waals surface area contributed by atoms with E-state index in [0.717, 1.165) is 0 Å². The van der Waals surface area contributed by atoms with Crippen LogP contribution in [0.25, 0.3) is 0 Å². The zero-order valence-electron chi connectivity index (χ0n) is 15.4. The lowest BCUT2D eigenvalue weighted by atomic mass is 10.2. The van der Waals surface area contributed by atoms with Gasteiger partial charge in [0.05, 0.1) is 23.7 Å². The molecule has 3 N–H and O–H groups in total. The first kappa shape index (κ1) is 23.8. The molecular formula is C14H28NO9P. The Morgan fingerprint density at radius 3 is 1.96 bits per heavy atom. The number of phosphoric ester groups is 1. The van der Waals surface area contributed by atoms with Gasteiger partial charge >= 0.3 is 19.9 Å². The minimum Gasteiger partial charge on any atom is -0.481 e. The number of carbonyl (C=O) groups excluding carboxylic acids is 1. The lowest BCUT2D eigenvalue weighted by Gasteiger charge is -2.30. The van der Waals surface area contributed by atoms with Crippen LogP contribution in [0.4, 0.5) is 4.79 Å². The van der Waals surface area contributed by atoms with Crippen molar-refractivity contribution in [2.75, 3.05) is 13.3 Å². The molecule has 0 saturated heterocycles. The van der Waals surface area contributed by atoms with Crippen molar-refractivity contribution in [2.24, 2.45) is 0 Å². The number of carboxylic acid groups (broad SMARTS) is 1. The number of aliphatic hydroxyl groups excluding tert-OH is 1. The Hall–Kier alpha value is -1.19. The molecule has 0 bridgehead atoms. The molecule has 0 aliphatic rings. The molecule has 0 heterocycles. The standard InChI is InChI=1S/C14H28NO9P/c1-13(2,3)23-25(20,24-14(4,5)6)22-9-21-12(19)15-8-10(16)7-11(17)18/h10,16H,7-9H2,1-6H3,(H,15,19)(H,17,18). The third-order valence-corrected chi connectivity index (χ3v) is 4.03. The fourth-order valence-electron chi connectivity index (χ4n) is 1.41. The zero-order chi connectivity index (χ0) is 19.9. The van der Waals surface area contributed by atoms with Gasteiger partial charge in [-0.2, -0.15) is 0 Å². The Bertz CT molecular complexity index is 476. The molecule has 0 fully saturated rings. The highest BCUT2D eigenvalue weighted by Crippen LogP contribution is 2.55. The summed E-state index contributed by atoms with van der Waals surface area (Å²) in [6.07, 6.45) is -2.77. The molecule has 0 spiro atoms. The van der Waals surface area contributed by atoms with Gasteiger partial charge in [0.2, 0.25) is 6.79 Å². The number of hydrogen-bond donors (Lipinski definition) is 3. The number of rotatable bonds is 9. The fraction of sp³-hybridized carbons (Fsp3) is 0.857. The number of aliphatic carboxylic acids is 1. The van der Waals surface area contributed by atoms with E-state index >= 15 is 0 Å². The lowest BCUT2D eigenvalue weighted by molar-refractivity contribution is -0.139. The number of alkyl carbamates (subject to hydrolysis) is 1. The quantitative estimate of drug-likeness (QED) is 0.402. The second kappa shape index (κ2) is 9.49. The van der Waals surface area contributed by atoms with Crippen molar-refractivity contribution >= 4 is 19.9 Å². The predicted octanol–water partition coefficient (Wildman–Crippen LogP) is 2.26. The van der Waals surface area contributed by atoms with Gasteiger partial charge in [0, 0.05) is 6.54 Å². The van der Waals surface area contributed by atoms with E-state index in [1.807, 2.05) is 0 Å². The molecule has 25 heavy (non-hydrogen) atoms. The van der Waals surface area contributed by atoms with Gasteiger partial charge in [0.25, 0.3) is 0 Å². The first-order valence-electron chi connectivity index (χ1n) is 7.58. The van der Waals surface area contributed by atoms with Crippen LogP contribution in [0.5, 0.6) is 0 Å². The predicted molar refractivity (Wildman–Crippen MR) is 88.0 cm³/mol. The average molecular weight is 385 g/mol. The van der Waals surface area contributed by atoms with Crippen molar-refractivity contribution in [1.82, 2.24) is 5.32 Å². The summed E-state index contributed by atoms with van der Waals surface area (Å²) in [6, 6.07) is 0. The molecule has 0 aromatic carbocycles. The maximum absolute atomic E-state index is 12.6. The average Bonchev–Trinajstić information content (AvgIpc) is 2.30. The molecular weight excluding hydrogens is 357 g/mol. The minimum atomic E-state index is -4.01. The summed E-state index contributed by atoms with van der Waals surface area (Å²) < 4.78 is 32.9. The molecule has 1 atom stereocenters. The molecule has 0 radical (unpaired) electrons. The zero-order valence-corrected chi connectivity index (χ0v) is 16.3. The van der Waals surface area contributed by atoms with Crippen LogP contribution in [0.2, 0.25) is 0 Å². The first-order chi connectivity index (χ1) is 11.1. The lowest BCUT2D eigenvalue weighted by Crippen LogP contribution is -2.34. The van der Waals surface area contributed by atoms with Crippen LogP contribution in [-0.2, 0) is 27.7 Å². The Morgan fingerprint density at radius 1 is 1.08 bits per heavy atom. The van der Waals surface area contributed by atoms with Crippen molar-refractivity contribution in [3.63, 3.8) is 0 Å². The molecule has 0 saturated carbocycles. The smallest absolute Gasteiger partial charge is 0.478 e. The van der Waals surface area contributed by atoms with Crippen molar-refractivity contribution in [3.05, 3.63) is 0 Å². The molecule has 0 aliphatic heterocycles. The highest BCUT2D eigenvalue weighted by atomic mass is 31.2. The van der Waals surface area contributed by atoms with Crippen molar-refractivity contribution in [1.29, 1.82) is 0 Å². The SMILES string of the molecule is CC(C)(C)OP(=O)(OCOC(=O)NCC(O)CC(=O)O)OC(C)(C)C. The number of phosphoric acid groups is 1. The molecule has 1 unspecified atom stereocenters. The summed E-state index contributed by atoms with van der Waals surface area (Å²) in [4.78, 5) is 21.8. The maximum Gasteiger partial charge on any atom is 0.478 e. The summed E-state index contributed by atoms with van der Waals surface area (Å²) in [6.45, 7) is 8.92. The van der Waals surface area contributed by atoms with Gasteiger partial charge in [-0.1, -0.05) is 0 Å². The Kier molecular flexibility index (Phi) is 9.04. The van der Waals surface area contributed by atoms with Gasteiger partial charge < -0.3 is 20.3 Å². The second-order valence-electron chi connectivity index (χ2n) is 7.17. The van der Waals surface area contributed by atoms with Crippen LogP contribution in [0.3, 0.4) is 0 Å². The number of hydrogen-bond acceptors (Lipinski definition) is 8. The van der Waals surface area contributed by atoms with E-state index in [2.05, 4.69) is 10.1 Å². The topological polar surface area (TPSA) is 141 Å². The van der Waals surface area contributed by atoms with Crippen molar-refractivity contribution in [3.8, 4) is 0 Å². The van der Waals surface area contributed by atoms with Crippen LogP contribution in [0.1, 0.15) is 48.0 Å². The van der Waals surface area contributed by atoms with Crippen LogP contribution < -0.4 is 5.32 Å². The highest BCUT2D eigenvalue weighted by molar-refractivity contribution is 7.48. The summed E-state index contributed by atoms with van der Waals surface area (Å²) >= 11 is 0. The molecule has 0 rings (SSSR count). The van der Waals surface area contributed by atoms with E-state index in [1.54, 1.807) is 41.5 Å². The van der Waals surface area contributed by atoms with E-state index in [4.69, 9.17) is 18.7 Å². The maximum atomic E-state index is 12.6. The number of carbonyl (C=O) groups is 2. The Morgan fingerprint density at radius 2 is 1.56 bits per heavy atom. The normalized spacial score (nSPS) is 14.0. The number of nitrogens with one attached hydrogen (secondary N) is 1. The Balaban J connectivity index is 4.48. The van der Waals surface area contributed by atoms with E-state index < -0.39 is 50.4 Å². The second-order valence-corrected chi connectivity index (χ2v) is 8.68. The number of carboxylic acids is 1. The van der Waals surface area contributed by atoms with E-state index in [-0.39, 0.29) is 6.54 Å². The summed E-state index contributed by atoms with van der Waals surface area (Å²) in [5.41, 5.74) is -1.66. The van der Waals surface area contributed by atoms with Gasteiger partial charge in [-0.25, -0.2) is 13.9 Å². The Labute approximate surface area is 147 Å². The molecule has 1 amide bonds.